The summed E-state index contributed by atoms with van der Waals surface area (Å²) in [5.41, 5.74) is 0.812. The normalized spacial score (nSPS) is 31.5. The number of hydrogen-bond acceptors (Lipinski definition) is 4. The highest BCUT2D eigenvalue weighted by molar-refractivity contribution is 6.23. The number of nitrogens with one attached hydrogen (secondary N) is 1. The minimum Gasteiger partial charge on any atom is -0.382 e. The highest BCUT2D eigenvalue weighted by Gasteiger charge is 2.67. The molecule has 130 valence electrons. The topological polar surface area (TPSA) is 58.6 Å². The monoisotopic (exact) mass is 346 g/mol. The Morgan fingerprint density at radius 2 is 1.65 bits per heavy atom. The fourth-order valence-corrected chi connectivity index (χ4v) is 4.33. The van der Waals surface area contributed by atoms with Crippen molar-refractivity contribution in [1.82, 2.24) is 0 Å². The van der Waals surface area contributed by atoms with Gasteiger partial charge in [0.05, 0.1) is 23.6 Å². The maximum atomic E-state index is 13.2. The van der Waals surface area contributed by atoms with Crippen molar-refractivity contribution in [2.24, 2.45) is 11.8 Å². The van der Waals surface area contributed by atoms with Gasteiger partial charge < -0.3 is 10.1 Å². The maximum absolute atomic E-state index is 13.2. The highest BCUT2D eigenvalue weighted by atomic mass is 16.5. The molecule has 5 nitrogen and oxygen atoms in total. The second-order valence-electron chi connectivity index (χ2n) is 6.97. The molecule has 2 amide bonds. The number of para-hydroxylation sites is 2. The molecule has 0 aromatic heterocycles. The number of carbonyl (C=O) groups is 2. The van der Waals surface area contributed by atoms with Crippen LogP contribution in [-0.4, -0.2) is 30.1 Å². The summed E-state index contributed by atoms with van der Waals surface area (Å²) < 4.78 is 6.13. The Labute approximate surface area is 151 Å². The molecule has 3 aliphatic heterocycles. The van der Waals surface area contributed by atoms with Gasteiger partial charge in [-0.1, -0.05) is 48.6 Å². The summed E-state index contributed by atoms with van der Waals surface area (Å²) in [7, 11) is 0. The zero-order valence-electron chi connectivity index (χ0n) is 14.0. The molecule has 0 saturated carbocycles. The van der Waals surface area contributed by atoms with Crippen LogP contribution in [0.25, 0.3) is 0 Å². The second-order valence-corrected chi connectivity index (χ2v) is 6.97. The number of nitrogens with zero attached hydrogens (tertiary/aromatic N) is 1. The van der Waals surface area contributed by atoms with E-state index in [1.807, 2.05) is 60.7 Å². The van der Waals surface area contributed by atoms with Crippen molar-refractivity contribution in [1.29, 1.82) is 0 Å². The number of ether oxygens (including phenoxy) is 1. The van der Waals surface area contributed by atoms with Gasteiger partial charge in [-0.25, -0.2) is 4.90 Å². The summed E-state index contributed by atoms with van der Waals surface area (Å²) in [4.78, 5) is 27.5. The van der Waals surface area contributed by atoms with Crippen LogP contribution in [0.3, 0.4) is 0 Å². The summed E-state index contributed by atoms with van der Waals surface area (Å²) in [6.07, 6.45) is 3.55. The standard InChI is InChI=1S/C21H18N2O3/c24-19-17-16-11-12-21(26-16,13-22-14-7-3-1-4-8-14)18(17)20(25)23(19)15-9-5-2-6-10-15/h1-12,16-18,22H,13H2/t16-,17-,18-,21+/m0/s1. The van der Waals surface area contributed by atoms with Crippen LogP contribution in [0.15, 0.2) is 72.8 Å². The third-order valence-corrected chi connectivity index (χ3v) is 5.51. The van der Waals surface area contributed by atoms with Crippen molar-refractivity contribution in [2.45, 2.75) is 11.7 Å². The van der Waals surface area contributed by atoms with Gasteiger partial charge in [0.2, 0.25) is 11.8 Å². The fourth-order valence-electron chi connectivity index (χ4n) is 4.33. The average molecular weight is 346 g/mol. The molecule has 26 heavy (non-hydrogen) atoms. The average Bonchev–Trinajstić information content (AvgIpc) is 3.32. The molecule has 2 aromatic carbocycles. The first-order valence-corrected chi connectivity index (χ1v) is 8.79. The lowest BCUT2D eigenvalue weighted by atomic mass is 9.77. The van der Waals surface area contributed by atoms with Crippen LogP contribution in [0.5, 0.6) is 0 Å². The van der Waals surface area contributed by atoms with Crippen LogP contribution in [-0.2, 0) is 14.3 Å². The summed E-state index contributed by atoms with van der Waals surface area (Å²) in [5.74, 6) is -1.26. The number of carbonyl (C=O) groups excluding carboxylic acids is 2. The maximum Gasteiger partial charge on any atom is 0.241 e. The molecule has 5 rings (SSSR count). The van der Waals surface area contributed by atoms with E-state index in [1.165, 1.54) is 4.90 Å². The second kappa shape index (κ2) is 5.54. The molecule has 3 aliphatic rings. The molecular formula is C21H18N2O3. The summed E-state index contributed by atoms with van der Waals surface area (Å²) in [5, 5.41) is 3.35. The van der Waals surface area contributed by atoms with E-state index in [0.717, 1.165) is 5.69 Å². The molecule has 2 fully saturated rings. The molecule has 1 N–H and O–H groups in total. The molecule has 0 unspecified atom stereocenters. The van der Waals surface area contributed by atoms with Gasteiger partial charge in [0.1, 0.15) is 5.60 Å². The van der Waals surface area contributed by atoms with Gasteiger partial charge in [-0.2, -0.15) is 0 Å². The number of amides is 2. The van der Waals surface area contributed by atoms with Gasteiger partial charge in [-0.15, -0.1) is 0 Å². The lowest BCUT2D eigenvalue weighted by Crippen LogP contribution is -2.45. The summed E-state index contributed by atoms with van der Waals surface area (Å²) in [6.45, 7) is 0.451. The molecule has 0 spiro atoms. The number of benzene rings is 2. The van der Waals surface area contributed by atoms with Crippen molar-refractivity contribution in [2.75, 3.05) is 16.8 Å². The van der Waals surface area contributed by atoms with E-state index in [9.17, 15) is 9.59 Å². The molecule has 2 saturated heterocycles. The lowest BCUT2D eigenvalue weighted by molar-refractivity contribution is -0.126. The van der Waals surface area contributed by atoms with Crippen LogP contribution in [0.4, 0.5) is 11.4 Å². The van der Waals surface area contributed by atoms with Crippen molar-refractivity contribution >= 4 is 23.2 Å². The van der Waals surface area contributed by atoms with E-state index in [0.29, 0.717) is 12.2 Å². The number of hydrogen-bond donors (Lipinski definition) is 1. The highest BCUT2D eigenvalue weighted by Crippen LogP contribution is 2.52. The Kier molecular flexibility index (Phi) is 3.27. The molecular weight excluding hydrogens is 328 g/mol. The largest absolute Gasteiger partial charge is 0.382 e. The van der Waals surface area contributed by atoms with Gasteiger partial charge in [0, 0.05) is 12.2 Å². The van der Waals surface area contributed by atoms with Crippen LogP contribution in [0, 0.1) is 11.8 Å². The van der Waals surface area contributed by atoms with E-state index in [4.69, 9.17) is 4.74 Å². The molecule has 3 heterocycles. The van der Waals surface area contributed by atoms with Gasteiger partial charge in [-0.05, 0) is 24.3 Å². The van der Waals surface area contributed by atoms with E-state index in [-0.39, 0.29) is 17.9 Å². The first-order valence-electron chi connectivity index (χ1n) is 8.79. The molecule has 2 bridgehead atoms. The predicted molar refractivity (Wildman–Crippen MR) is 97.6 cm³/mol. The van der Waals surface area contributed by atoms with Crippen molar-refractivity contribution in [3.8, 4) is 0 Å². The molecule has 2 aromatic rings. The Morgan fingerprint density at radius 1 is 0.962 bits per heavy atom. The lowest BCUT2D eigenvalue weighted by Gasteiger charge is -2.29. The van der Waals surface area contributed by atoms with E-state index < -0.39 is 17.4 Å². The van der Waals surface area contributed by atoms with E-state index >= 15 is 0 Å². The zero-order valence-corrected chi connectivity index (χ0v) is 14.0. The Morgan fingerprint density at radius 3 is 2.38 bits per heavy atom. The molecule has 0 radical (unpaired) electrons. The smallest absolute Gasteiger partial charge is 0.241 e. The summed E-state index contributed by atoms with van der Waals surface area (Å²) >= 11 is 0. The van der Waals surface area contributed by atoms with Gasteiger partial charge in [0.15, 0.2) is 0 Å². The van der Waals surface area contributed by atoms with E-state index in [2.05, 4.69) is 5.32 Å². The number of fused-ring (bicyclic) bond motifs is 5. The molecule has 5 heteroatoms. The molecule has 4 atom stereocenters. The Balaban J connectivity index is 1.46. The van der Waals surface area contributed by atoms with Gasteiger partial charge >= 0.3 is 0 Å². The van der Waals surface area contributed by atoms with Gasteiger partial charge in [-0.3, -0.25) is 9.59 Å². The fraction of sp³-hybridized carbons (Fsp3) is 0.238. The Hall–Kier alpha value is -2.92. The van der Waals surface area contributed by atoms with Crippen molar-refractivity contribution in [3.63, 3.8) is 0 Å². The summed E-state index contributed by atoms with van der Waals surface area (Å²) in [6, 6.07) is 18.9. The number of rotatable bonds is 4. The van der Waals surface area contributed by atoms with Crippen molar-refractivity contribution < 1.29 is 14.3 Å². The van der Waals surface area contributed by atoms with Crippen LogP contribution >= 0.6 is 0 Å². The first-order chi connectivity index (χ1) is 12.7. The minimum absolute atomic E-state index is 0.165. The quantitative estimate of drug-likeness (QED) is 0.683. The van der Waals surface area contributed by atoms with Gasteiger partial charge in [0.25, 0.3) is 0 Å². The SMILES string of the molecule is O=C1[C@H]2[C@@H]3C=C[C@](CNc4ccccc4)(O3)[C@@H]2C(=O)N1c1ccccc1. The first kappa shape index (κ1) is 15.3. The van der Waals surface area contributed by atoms with Crippen LogP contribution < -0.4 is 10.2 Å². The Bertz CT molecular complexity index is 896. The van der Waals surface area contributed by atoms with Crippen LogP contribution in [0.1, 0.15) is 0 Å². The molecule has 0 aliphatic carbocycles. The minimum atomic E-state index is -0.776. The number of imide groups is 1. The van der Waals surface area contributed by atoms with Crippen molar-refractivity contribution in [3.05, 3.63) is 72.8 Å². The van der Waals surface area contributed by atoms with E-state index in [1.54, 1.807) is 12.1 Å². The third kappa shape index (κ3) is 2.07. The third-order valence-electron chi connectivity index (χ3n) is 5.51. The van der Waals surface area contributed by atoms with Crippen LogP contribution in [0.2, 0.25) is 0 Å². The number of anilines is 2. The zero-order chi connectivity index (χ0) is 17.7. The predicted octanol–water partition coefficient (Wildman–Crippen LogP) is 2.61.